The minimum Gasteiger partial charge on any atom is -0.399 e. The third kappa shape index (κ3) is 4.38. The highest BCUT2D eigenvalue weighted by molar-refractivity contribution is 7.26. The second-order valence-electron chi connectivity index (χ2n) is 13.3. The summed E-state index contributed by atoms with van der Waals surface area (Å²) >= 11 is 1.82. The van der Waals surface area contributed by atoms with Crippen molar-refractivity contribution in [2.45, 2.75) is 38.9 Å². The van der Waals surface area contributed by atoms with Crippen molar-refractivity contribution in [2.24, 2.45) is 0 Å². The van der Waals surface area contributed by atoms with Gasteiger partial charge in [-0.15, -0.1) is 11.3 Å². The SMILES string of the molecule is CC1(C)OB(c2cccc3c4ccc5sc6ccccc6c5c4n(-c4nc(-c5ccccc5)cc(-c5ccccc5)n4)c23)OC1(C)C. The van der Waals surface area contributed by atoms with Crippen molar-refractivity contribution in [3.8, 4) is 28.5 Å². The van der Waals surface area contributed by atoms with Crippen LogP contribution < -0.4 is 5.46 Å². The van der Waals surface area contributed by atoms with E-state index >= 15 is 0 Å². The topological polar surface area (TPSA) is 49.2 Å². The Morgan fingerprint density at radius 2 is 1.15 bits per heavy atom. The van der Waals surface area contributed by atoms with E-state index in [0.717, 1.165) is 49.8 Å². The van der Waals surface area contributed by atoms with Crippen LogP contribution in [0.3, 0.4) is 0 Å². The largest absolute Gasteiger partial charge is 0.497 e. The Bertz CT molecular complexity index is 2410. The van der Waals surface area contributed by atoms with Crippen molar-refractivity contribution in [1.29, 1.82) is 0 Å². The van der Waals surface area contributed by atoms with Crippen LogP contribution in [0.1, 0.15) is 27.7 Å². The smallest absolute Gasteiger partial charge is 0.399 e. The molecule has 5 nitrogen and oxygen atoms in total. The van der Waals surface area contributed by atoms with E-state index in [4.69, 9.17) is 19.3 Å². The first-order chi connectivity index (χ1) is 22.8. The Hall–Kier alpha value is -4.82. The molecule has 4 heterocycles. The maximum atomic E-state index is 6.70. The van der Waals surface area contributed by atoms with E-state index in [9.17, 15) is 0 Å². The van der Waals surface area contributed by atoms with Gasteiger partial charge in [0, 0.05) is 47.5 Å². The monoisotopic (exact) mass is 629 g/mol. The Labute approximate surface area is 277 Å². The first-order valence-corrected chi connectivity index (χ1v) is 16.8. The third-order valence-corrected chi connectivity index (χ3v) is 11.0. The maximum absolute atomic E-state index is 6.70. The van der Waals surface area contributed by atoms with Gasteiger partial charge in [0.15, 0.2) is 0 Å². The Morgan fingerprint density at radius 1 is 0.574 bits per heavy atom. The first kappa shape index (κ1) is 28.4. The Morgan fingerprint density at radius 3 is 1.81 bits per heavy atom. The fraction of sp³-hybridized carbons (Fsp3) is 0.150. The Kier molecular flexibility index (Phi) is 6.25. The van der Waals surface area contributed by atoms with E-state index in [1.165, 1.54) is 20.2 Å². The molecular weight excluding hydrogens is 597 g/mol. The molecule has 0 saturated carbocycles. The molecule has 1 aliphatic rings. The lowest BCUT2D eigenvalue weighted by Crippen LogP contribution is -2.41. The van der Waals surface area contributed by atoms with Crippen LogP contribution >= 0.6 is 11.3 Å². The highest BCUT2D eigenvalue weighted by atomic mass is 32.1. The van der Waals surface area contributed by atoms with Crippen molar-refractivity contribution in [1.82, 2.24) is 14.5 Å². The van der Waals surface area contributed by atoms with E-state index in [2.05, 4.69) is 141 Å². The zero-order chi connectivity index (χ0) is 31.9. The van der Waals surface area contributed by atoms with Crippen LogP contribution in [0.15, 0.2) is 121 Å². The van der Waals surface area contributed by atoms with Gasteiger partial charge in [0.25, 0.3) is 0 Å². The molecule has 47 heavy (non-hydrogen) atoms. The predicted molar refractivity (Wildman–Crippen MR) is 196 cm³/mol. The molecular formula is C40H32BN3O2S. The predicted octanol–water partition coefficient (Wildman–Crippen LogP) is 9.57. The van der Waals surface area contributed by atoms with Crippen LogP contribution in [0.25, 0.3) is 70.4 Å². The number of aromatic nitrogens is 3. The van der Waals surface area contributed by atoms with Gasteiger partial charge in [-0.05, 0) is 45.9 Å². The molecule has 0 N–H and O–H groups in total. The van der Waals surface area contributed by atoms with Crippen molar-refractivity contribution in [3.05, 3.63) is 121 Å². The standard InChI is InChI=1S/C40H32BN3O2S/c1-39(2)40(3,4)46-41(45-39)30-20-13-19-27-28-22-23-34-35(29-18-11-12-21-33(29)47-34)37(28)44(36(27)30)38-42-31(25-14-7-5-8-15-25)24-32(43-38)26-16-9-6-10-17-26/h5-24H,1-4H3. The molecule has 0 aliphatic carbocycles. The van der Waals surface area contributed by atoms with Gasteiger partial charge >= 0.3 is 7.12 Å². The highest BCUT2D eigenvalue weighted by Gasteiger charge is 2.52. The zero-order valence-electron chi connectivity index (χ0n) is 26.7. The average molecular weight is 630 g/mol. The third-order valence-electron chi connectivity index (χ3n) is 9.88. The lowest BCUT2D eigenvalue weighted by molar-refractivity contribution is 0.00578. The molecule has 3 aromatic heterocycles. The van der Waals surface area contributed by atoms with Gasteiger partial charge in [-0.1, -0.05) is 103 Å². The maximum Gasteiger partial charge on any atom is 0.497 e. The minimum atomic E-state index is -0.563. The van der Waals surface area contributed by atoms with Crippen LogP contribution in [0.5, 0.6) is 0 Å². The second-order valence-corrected chi connectivity index (χ2v) is 14.4. The summed E-state index contributed by atoms with van der Waals surface area (Å²) in [6, 6.07) is 42.4. The second kappa shape index (κ2) is 10.3. The van der Waals surface area contributed by atoms with E-state index < -0.39 is 18.3 Å². The van der Waals surface area contributed by atoms with Gasteiger partial charge in [-0.2, -0.15) is 0 Å². The van der Waals surface area contributed by atoms with Crippen molar-refractivity contribution >= 4 is 65.9 Å². The summed E-state index contributed by atoms with van der Waals surface area (Å²) in [6.45, 7) is 8.40. The van der Waals surface area contributed by atoms with Gasteiger partial charge in [0.2, 0.25) is 5.95 Å². The molecule has 7 heteroatoms. The zero-order valence-corrected chi connectivity index (χ0v) is 27.5. The molecule has 0 atom stereocenters. The summed E-state index contributed by atoms with van der Waals surface area (Å²) in [7, 11) is -0.563. The number of nitrogens with zero attached hydrogens (tertiary/aromatic N) is 3. The molecule has 0 radical (unpaired) electrons. The number of rotatable bonds is 4. The van der Waals surface area contributed by atoms with Crippen LogP contribution in [-0.2, 0) is 9.31 Å². The lowest BCUT2D eigenvalue weighted by atomic mass is 9.77. The normalized spacial score (nSPS) is 15.8. The summed E-state index contributed by atoms with van der Waals surface area (Å²) in [5.41, 5.74) is 5.85. The minimum absolute atomic E-state index is 0.488. The summed E-state index contributed by atoms with van der Waals surface area (Å²) in [6.07, 6.45) is 0. The van der Waals surface area contributed by atoms with Crippen LogP contribution in [-0.4, -0.2) is 32.9 Å². The number of para-hydroxylation sites is 1. The van der Waals surface area contributed by atoms with Crippen LogP contribution in [0, 0.1) is 0 Å². The molecule has 228 valence electrons. The highest BCUT2D eigenvalue weighted by Crippen LogP contribution is 2.44. The quantitative estimate of drug-likeness (QED) is 0.182. The number of benzene rings is 5. The van der Waals surface area contributed by atoms with E-state index in [1.54, 1.807) is 0 Å². The molecule has 1 fully saturated rings. The van der Waals surface area contributed by atoms with Gasteiger partial charge in [-0.25, -0.2) is 9.97 Å². The van der Waals surface area contributed by atoms with Crippen LogP contribution in [0.2, 0.25) is 0 Å². The lowest BCUT2D eigenvalue weighted by Gasteiger charge is -2.32. The molecule has 0 unspecified atom stereocenters. The van der Waals surface area contributed by atoms with E-state index in [-0.39, 0.29) is 0 Å². The molecule has 1 aliphatic heterocycles. The fourth-order valence-electron chi connectivity index (χ4n) is 6.80. The van der Waals surface area contributed by atoms with Gasteiger partial charge in [0.05, 0.1) is 33.6 Å². The van der Waals surface area contributed by atoms with Crippen LogP contribution in [0.4, 0.5) is 0 Å². The van der Waals surface area contributed by atoms with E-state index in [0.29, 0.717) is 5.95 Å². The summed E-state index contributed by atoms with van der Waals surface area (Å²) in [5.74, 6) is 0.608. The van der Waals surface area contributed by atoms with E-state index in [1.807, 2.05) is 23.5 Å². The number of thiophene rings is 1. The summed E-state index contributed by atoms with van der Waals surface area (Å²) in [4.78, 5) is 10.7. The first-order valence-electron chi connectivity index (χ1n) is 16.0. The summed E-state index contributed by atoms with van der Waals surface area (Å²) < 4.78 is 18.1. The van der Waals surface area contributed by atoms with Gasteiger partial charge in [0.1, 0.15) is 0 Å². The van der Waals surface area contributed by atoms with Crippen molar-refractivity contribution in [2.75, 3.05) is 0 Å². The number of hydrogen-bond donors (Lipinski definition) is 0. The number of hydrogen-bond acceptors (Lipinski definition) is 5. The van der Waals surface area contributed by atoms with Gasteiger partial charge < -0.3 is 9.31 Å². The number of fused-ring (bicyclic) bond motifs is 7. The molecule has 0 spiro atoms. The van der Waals surface area contributed by atoms with Crippen molar-refractivity contribution < 1.29 is 9.31 Å². The molecule has 5 aromatic carbocycles. The molecule has 1 saturated heterocycles. The molecule has 0 amide bonds. The molecule has 8 aromatic rings. The fourth-order valence-corrected chi connectivity index (χ4v) is 7.91. The van der Waals surface area contributed by atoms with Gasteiger partial charge in [-0.3, -0.25) is 4.57 Å². The summed E-state index contributed by atoms with van der Waals surface area (Å²) in [5, 5.41) is 4.68. The molecule has 9 rings (SSSR count). The van der Waals surface area contributed by atoms with Crippen molar-refractivity contribution in [3.63, 3.8) is 0 Å². The average Bonchev–Trinajstić information content (AvgIpc) is 3.71. The molecule has 0 bridgehead atoms. The Balaban J connectivity index is 1.45.